The van der Waals surface area contributed by atoms with Crippen LogP contribution in [0.4, 0.5) is 0 Å². The van der Waals surface area contributed by atoms with E-state index in [9.17, 15) is 0 Å². The van der Waals surface area contributed by atoms with Crippen LogP contribution >= 0.6 is 0 Å². The van der Waals surface area contributed by atoms with Crippen molar-refractivity contribution in [2.45, 2.75) is 0 Å². The summed E-state index contributed by atoms with van der Waals surface area (Å²) < 4.78 is 2.36. The molecular weight excluding hydrogens is 470 g/mol. The summed E-state index contributed by atoms with van der Waals surface area (Å²) >= 11 is 0. The van der Waals surface area contributed by atoms with Gasteiger partial charge in [0.25, 0.3) is 0 Å². The predicted octanol–water partition coefficient (Wildman–Crippen LogP) is 10.4. The summed E-state index contributed by atoms with van der Waals surface area (Å²) in [4.78, 5) is 0. The maximum atomic E-state index is 2.36. The van der Waals surface area contributed by atoms with Crippen molar-refractivity contribution >= 4 is 43.4 Å². The molecule has 0 amide bonds. The Morgan fingerprint density at radius 2 is 0.872 bits per heavy atom. The first kappa shape index (κ1) is 21.9. The van der Waals surface area contributed by atoms with Crippen LogP contribution in [0.25, 0.3) is 71.3 Å². The SMILES string of the molecule is c1ccc(-n2c3ccccc3c3cc(-c4ccc(-c5ccc6c(ccc7ccccc76)c5)cc4)ccc32)cc1. The molecule has 1 aromatic heterocycles. The highest BCUT2D eigenvalue weighted by Crippen LogP contribution is 2.36. The van der Waals surface area contributed by atoms with Gasteiger partial charge >= 0.3 is 0 Å². The van der Waals surface area contributed by atoms with E-state index in [0.29, 0.717) is 0 Å². The Balaban J connectivity index is 1.20. The zero-order valence-electron chi connectivity index (χ0n) is 21.4. The zero-order chi connectivity index (χ0) is 25.8. The molecule has 39 heavy (non-hydrogen) atoms. The van der Waals surface area contributed by atoms with Gasteiger partial charge in [-0.05, 0) is 80.2 Å². The fraction of sp³-hybridized carbons (Fsp3) is 0. The third-order valence-corrected chi connectivity index (χ3v) is 7.98. The van der Waals surface area contributed by atoms with Gasteiger partial charge in [-0.2, -0.15) is 0 Å². The van der Waals surface area contributed by atoms with Gasteiger partial charge in [-0.3, -0.25) is 0 Å². The first-order valence-electron chi connectivity index (χ1n) is 13.4. The van der Waals surface area contributed by atoms with Crippen molar-refractivity contribution in [1.29, 1.82) is 0 Å². The third kappa shape index (κ3) is 3.55. The van der Waals surface area contributed by atoms with Crippen LogP contribution in [0.15, 0.2) is 152 Å². The lowest BCUT2D eigenvalue weighted by Gasteiger charge is -2.09. The quantitative estimate of drug-likeness (QED) is 0.215. The largest absolute Gasteiger partial charge is 0.309 e. The van der Waals surface area contributed by atoms with Crippen molar-refractivity contribution in [1.82, 2.24) is 4.57 Å². The topological polar surface area (TPSA) is 4.93 Å². The third-order valence-electron chi connectivity index (χ3n) is 7.98. The minimum Gasteiger partial charge on any atom is -0.309 e. The van der Waals surface area contributed by atoms with Gasteiger partial charge in [-0.15, -0.1) is 0 Å². The normalized spacial score (nSPS) is 11.6. The van der Waals surface area contributed by atoms with Crippen molar-refractivity contribution in [2.24, 2.45) is 0 Å². The Morgan fingerprint density at radius 3 is 1.69 bits per heavy atom. The molecular formula is C38H25N. The molecule has 1 heteroatoms. The van der Waals surface area contributed by atoms with Crippen LogP contribution in [0.2, 0.25) is 0 Å². The second-order valence-corrected chi connectivity index (χ2v) is 10.2. The smallest absolute Gasteiger partial charge is 0.0541 e. The molecule has 0 aliphatic rings. The average molecular weight is 496 g/mol. The van der Waals surface area contributed by atoms with Crippen LogP contribution in [-0.2, 0) is 0 Å². The number of nitrogens with zero attached hydrogens (tertiary/aromatic N) is 1. The number of benzene rings is 7. The van der Waals surface area contributed by atoms with Crippen molar-refractivity contribution in [3.05, 3.63) is 152 Å². The van der Waals surface area contributed by atoms with E-state index in [1.54, 1.807) is 0 Å². The second kappa shape index (κ2) is 8.72. The molecule has 1 nitrogen and oxygen atoms in total. The second-order valence-electron chi connectivity index (χ2n) is 10.2. The van der Waals surface area contributed by atoms with Crippen LogP contribution in [0, 0.1) is 0 Å². The molecule has 0 saturated heterocycles. The van der Waals surface area contributed by atoms with Gasteiger partial charge in [-0.25, -0.2) is 0 Å². The van der Waals surface area contributed by atoms with Crippen molar-refractivity contribution in [2.75, 3.05) is 0 Å². The van der Waals surface area contributed by atoms with Crippen LogP contribution in [-0.4, -0.2) is 4.57 Å². The molecule has 8 rings (SSSR count). The molecule has 1 heterocycles. The fourth-order valence-corrected chi connectivity index (χ4v) is 6.06. The van der Waals surface area contributed by atoms with Crippen LogP contribution in [0.3, 0.4) is 0 Å². The van der Waals surface area contributed by atoms with E-state index in [1.165, 1.54) is 71.3 Å². The van der Waals surface area contributed by atoms with Gasteiger partial charge in [0.2, 0.25) is 0 Å². The molecule has 0 atom stereocenters. The van der Waals surface area contributed by atoms with E-state index in [0.717, 1.165) is 0 Å². The number of para-hydroxylation sites is 2. The average Bonchev–Trinajstić information content (AvgIpc) is 3.35. The van der Waals surface area contributed by atoms with Gasteiger partial charge in [0.1, 0.15) is 0 Å². The standard InChI is InChI=1S/C38H25N/c1-2-9-32(10-3-1)39-37-13-7-6-12-35(37)36-25-30(21-23-38(36)39)27-16-14-26(15-17-27)29-20-22-34-31(24-29)19-18-28-8-4-5-11-33(28)34/h1-25H. The predicted molar refractivity (Wildman–Crippen MR) is 167 cm³/mol. The Morgan fingerprint density at radius 1 is 0.308 bits per heavy atom. The molecule has 0 N–H and O–H groups in total. The molecule has 0 aliphatic heterocycles. The van der Waals surface area contributed by atoms with Crippen molar-refractivity contribution in [3.63, 3.8) is 0 Å². The molecule has 0 aliphatic carbocycles. The summed E-state index contributed by atoms with van der Waals surface area (Å²) in [6, 6.07) is 55.0. The minimum atomic E-state index is 1.18. The molecule has 0 saturated carbocycles. The van der Waals surface area contributed by atoms with Gasteiger partial charge in [0.15, 0.2) is 0 Å². The van der Waals surface area contributed by atoms with E-state index in [1.807, 2.05) is 0 Å². The number of hydrogen-bond donors (Lipinski definition) is 0. The minimum absolute atomic E-state index is 1.18. The highest BCUT2D eigenvalue weighted by Gasteiger charge is 2.13. The van der Waals surface area contributed by atoms with Crippen LogP contribution in [0.1, 0.15) is 0 Å². The molecule has 0 spiro atoms. The molecule has 8 aromatic rings. The Bertz CT molecular complexity index is 2150. The summed E-state index contributed by atoms with van der Waals surface area (Å²) in [6.45, 7) is 0. The summed E-state index contributed by atoms with van der Waals surface area (Å²) in [7, 11) is 0. The van der Waals surface area contributed by atoms with Gasteiger partial charge in [0.05, 0.1) is 11.0 Å². The Labute approximate surface area is 227 Å². The monoisotopic (exact) mass is 495 g/mol. The number of aromatic nitrogens is 1. The lowest BCUT2D eigenvalue weighted by molar-refractivity contribution is 1.18. The van der Waals surface area contributed by atoms with Crippen molar-refractivity contribution < 1.29 is 0 Å². The maximum Gasteiger partial charge on any atom is 0.0541 e. The molecule has 0 unspecified atom stereocenters. The van der Waals surface area contributed by atoms with E-state index in [4.69, 9.17) is 0 Å². The van der Waals surface area contributed by atoms with E-state index >= 15 is 0 Å². The highest BCUT2D eigenvalue weighted by molar-refractivity contribution is 6.11. The number of hydrogen-bond acceptors (Lipinski definition) is 0. The fourth-order valence-electron chi connectivity index (χ4n) is 6.06. The Hall–Kier alpha value is -5.14. The number of fused-ring (bicyclic) bond motifs is 6. The summed E-state index contributed by atoms with van der Waals surface area (Å²) in [5.41, 5.74) is 8.58. The molecule has 0 fully saturated rings. The van der Waals surface area contributed by atoms with E-state index < -0.39 is 0 Å². The van der Waals surface area contributed by atoms with Gasteiger partial charge in [0, 0.05) is 16.5 Å². The van der Waals surface area contributed by atoms with Crippen LogP contribution in [0.5, 0.6) is 0 Å². The summed E-state index contributed by atoms with van der Waals surface area (Å²) in [5.74, 6) is 0. The lowest BCUT2D eigenvalue weighted by atomic mass is 9.96. The van der Waals surface area contributed by atoms with Crippen LogP contribution < -0.4 is 0 Å². The Kier molecular flexibility index (Phi) is 4.89. The van der Waals surface area contributed by atoms with Gasteiger partial charge < -0.3 is 4.57 Å². The molecule has 0 bridgehead atoms. The first-order chi connectivity index (χ1) is 19.3. The molecule has 7 aromatic carbocycles. The lowest BCUT2D eigenvalue weighted by Crippen LogP contribution is -1.92. The number of rotatable bonds is 3. The molecule has 182 valence electrons. The van der Waals surface area contributed by atoms with Crippen molar-refractivity contribution in [3.8, 4) is 27.9 Å². The van der Waals surface area contributed by atoms with Gasteiger partial charge in [-0.1, -0.05) is 115 Å². The first-order valence-corrected chi connectivity index (χ1v) is 13.4. The zero-order valence-corrected chi connectivity index (χ0v) is 21.4. The van der Waals surface area contributed by atoms with E-state index in [-0.39, 0.29) is 0 Å². The summed E-state index contributed by atoms with van der Waals surface area (Å²) in [5, 5.41) is 7.72. The van der Waals surface area contributed by atoms with E-state index in [2.05, 4.69) is 156 Å². The highest BCUT2D eigenvalue weighted by atomic mass is 15.0. The molecule has 0 radical (unpaired) electrons. The maximum absolute atomic E-state index is 2.36. The summed E-state index contributed by atoms with van der Waals surface area (Å²) in [6.07, 6.45) is 0.